The molecule has 1 amide bonds. The molecule has 0 fully saturated rings. The minimum Gasteiger partial charge on any atom is -0.493 e. The molecule has 25 heavy (non-hydrogen) atoms. The van der Waals surface area contributed by atoms with Crippen LogP contribution in [0.3, 0.4) is 0 Å². The Morgan fingerprint density at radius 1 is 1.16 bits per heavy atom. The van der Waals surface area contributed by atoms with Crippen molar-refractivity contribution in [1.82, 2.24) is 0 Å². The molecule has 0 spiro atoms. The second-order valence-corrected chi connectivity index (χ2v) is 5.50. The van der Waals surface area contributed by atoms with Crippen molar-refractivity contribution in [3.05, 3.63) is 59.9 Å². The summed E-state index contributed by atoms with van der Waals surface area (Å²) >= 11 is 0. The summed E-state index contributed by atoms with van der Waals surface area (Å²) in [7, 11) is 0. The van der Waals surface area contributed by atoms with Crippen LogP contribution >= 0.6 is 0 Å². The first-order valence-corrected chi connectivity index (χ1v) is 7.90. The van der Waals surface area contributed by atoms with Gasteiger partial charge in [-0.1, -0.05) is 24.3 Å². The molecule has 0 unspecified atom stereocenters. The molecular formula is C19H20FNO4. The summed E-state index contributed by atoms with van der Waals surface area (Å²) in [6.07, 6.45) is -0.972. The number of para-hydroxylation sites is 1. The number of ether oxygens (including phenoxy) is 2. The van der Waals surface area contributed by atoms with Gasteiger partial charge in [-0.3, -0.25) is 9.59 Å². The van der Waals surface area contributed by atoms with Crippen LogP contribution in [0.2, 0.25) is 0 Å². The molecule has 2 aromatic carbocycles. The standard InChI is InChI=1S/C19H20FNO4/c1-13-6-3-4-9-17(13)24-11-10-18(22)25-14(2)19(23)21-16-8-5-7-15(20)12-16/h3-9,12,14H,10-11H2,1-2H3,(H,21,23)/t14-/m0/s1. The molecule has 0 saturated carbocycles. The van der Waals surface area contributed by atoms with E-state index in [1.54, 1.807) is 6.07 Å². The number of benzene rings is 2. The number of carbonyl (C=O) groups excluding carboxylic acids is 2. The van der Waals surface area contributed by atoms with E-state index < -0.39 is 23.8 Å². The number of hydrogen-bond acceptors (Lipinski definition) is 4. The SMILES string of the molecule is Cc1ccccc1OCCC(=O)O[C@@H](C)C(=O)Nc1cccc(F)c1. The highest BCUT2D eigenvalue weighted by atomic mass is 19.1. The van der Waals surface area contributed by atoms with Crippen LogP contribution < -0.4 is 10.1 Å². The molecule has 1 atom stereocenters. The quantitative estimate of drug-likeness (QED) is 0.781. The van der Waals surface area contributed by atoms with Crippen LogP contribution in [0.15, 0.2) is 48.5 Å². The van der Waals surface area contributed by atoms with E-state index in [0.717, 1.165) is 5.56 Å². The zero-order valence-corrected chi connectivity index (χ0v) is 14.1. The van der Waals surface area contributed by atoms with E-state index in [1.807, 2.05) is 31.2 Å². The molecule has 0 aromatic heterocycles. The first kappa shape index (κ1) is 18.4. The van der Waals surface area contributed by atoms with Crippen molar-refractivity contribution in [1.29, 1.82) is 0 Å². The second kappa shape index (κ2) is 8.82. The molecule has 0 radical (unpaired) electrons. The molecule has 5 nitrogen and oxygen atoms in total. The summed E-state index contributed by atoms with van der Waals surface area (Å²) < 4.78 is 23.7. The van der Waals surface area contributed by atoms with Crippen molar-refractivity contribution in [2.75, 3.05) is 11.9 Å². The van der Waals surface area contributed by atoms with E-state index in [0.29, 0.717) is 11.4 Å². The van der Waals surface area contributed by atoms with Gasteiger partial charge in [-0.05, 0) is 43.7 Å². The van der Waals surface area contributed by atoms with E-state index in [1.165, 1.54) is 25.1 Å². The van der Waals surface area contributed by atoms with Gasteiger partial charge in [0.1, 0.15) is 11.6 Å². The first-order chi connectivity index (χ1) is 12.0. The number of anilines is 1. The molecule has 0 saturated heterocycles. The predicted octanol–water partition coefficient (Wildman–Crippen LogP) is 3.47. The Hall–Kier alpha value is -2.89. The van der Waals surface area contributed by atoms with Gasteiger partial charge in [-0.2, -0.15) is 0 Å². The number of rotatable bonds is 7. The largest absolute Gasteiger partial charge is 0.493 e. The smallest absolute Gasteiger partial charge is 0.310 e. The van der Waals surface area contributed by atoms with Gasteiger partial charge in [0.05, 0.1) is 13.0 Å². The third-order valence-corrected chi connectivity index (χ3v) is 3.43. The lowest BCUT2D eigenvalue weighted by Crippen LogP contribution is -2.30. The molecule has 132 valence electrons. The number of aryl methyl sites for hydroxylation is 1. The first-order valence-electron chi connectivity index (χ1n) is 7.90. The fourth-order valence-corrected chi connectivity index (χ4v) is 2.08. The Morgan fingerprint density at radius 3 is 2.64 bits per heavy atom. The topological polar surface area (TPSA) is 64.6 Å². The van der Waals surface area contributed by atoms with Gasteiger partial charge in [0.15, 0.2) is 6.10 Å². The molecule has 6 heteroatoms. The van der Waals surface area contributed by atoms with Crippen molar-refractivity contribution in [3.8, 4) is 5.75 Å². The van der Waals surface area contributed by atoms with E-state index >= 15 is 0 Å². The number of carbonyl (C=O) groups is 2. The molecule has 1 N–H and O–H groups in total. The molecule has 0 aliphatic rings. The number of amides is 1. The van der Waals surface area contributed by atoms with Gasteiger partial charge in [0, 0.05) is 5.69 Å². The number of esters is 1. The summed E-state index contributed by atoms with van der Waals surface area (Å²) in [5.41, 5.74) is 1.27. The molecule has 2 aromatic rings. The van der Waals surface area contributed by atoms with E-state index in [9.17, 15) is 14.0 Å². The summed E-state index contributed by atoms with van der Waals surface area (Å²) in [4.78, 5) is 23.8. The van der Waals surface area contributed by atoms with Crippen molar-refractivity contribution >= 4 is 17.6 Å². The van der Waals surface area contributed by atoms with Gasteiger partial charge in [0.25, 0.3) is 5.91 Å². The Labute approximate surface area is 145 Å². The molecule has 0 bridgehead atoms. The predicted molar refractivity (Wildman–Crippen MR) is 91.9 cm³/mol. The monoisotopic (exact) mass is 345 g/mol. The van der Waals surface area contributed by atoms with Crippen molar-refractivity contribution in [2.45, 2.75) is 26.4 Å². The van der Waals surface area contributed by atoms with E-state index in [2.05, 4.69) is 5.32 Å². The average Bonchev–Trinajstić information content (AvgIpc) is 2.56. The Kier molecular flexibility index (Phi) is 6.51. The minimum atomic E-state index is -0.991. The summed E-state index contributed by atoms with van der Waals surface area (Å²) in [5.74, 6) is -0.836. The lowest BCUT2D eigenvalue weighted by Gasteiger charge is -2.14. The Morgan fingerprint density at radius 2 is 1.92 bits per heavy atom. The van der Waals surface area contributed by atoms with Gasteiger partial charge in [-0.15, -0.1) is 0 Å². The van der Waals surface area contributed by atoms with Crippen LogP contribution in [0, 0.1) is 12.7 Å². The van der Waals surface area contributed by atoms with Gasteiger partial charge < -0.3 is 14.8 Å². The van der Waals surface area contributed by atoms with E-state index in [-0.39, 0.29) is 13.0 Å². The number of halogens is 1. The van der Waals surface area contributed by atoms with Crippen molar-refractivity contribution < 1.29 is 23.5 Å². The number of nitrogens with one attached hydrogen (secondary N) is 1. The third-order valence-electron chi connectivity index (χ3n) is 3.43. The summed E-state index contributed by atoms with van der Waals surface area (Å²) in [6, 6.07) is 12.9. The van der Waals surface area contributed by atoms with Crippen LogP contribution in [0.25, 0.3) is 0 Å². The molecule has 0 heterocycles. The van der Waals surface area contributed by atoms with Crippen LogP contribution in [0.1, 0.15) is 18.9 Å². The lowest BCUT2D eigenvalue weighted by atomic mass is 10.2. The van der Waals surface area contributed by atoms with Crippen LogP contribution in [-0.2, 0) is 14.3 Å². The summed E-state index contributed by atoms with van der Waals surface area (Å²) in [5, 5.41) is 2.49. The molecular weight excluding hydrogens is 325 g/mol. The zero-order chi connectivity index (χ0) is 18.2. The maximum Gasteiger partial charge on any atom is 0.310 e. The van der Waals surface area contributed by atoms with Crippen LogP contribution in [0.4, 0.5) is 10.1 Å². The van der Waals surface area contributed by atoms with Crippen molar-refractivity contribution in [3.63, 3.8) is 0 Å². The van der Waals surface area contributed by atoms with Crippen molar-refractivity contribution in [2.24, 2.45) is 0 Å². The highest BCUT2D eigenvalue weighted by Gasteiger charge is 2.18. The summed E-state index contributed by atoms with van der Waals surface area (Å²) in [6.45, 7) is 3.52. The molecule has 0 aliphatic carbocycles. The minimum absolute atomic E-state index is 0.0198. The van der Waals surface area contributed by atoms with Crippen LogP contribution in [-0.4, -0.2) is 24.6 Å². The Bertz CT molecular complexity index is 748. The average molecular weight is 345 g/mol. The fourth-order valence-electron chi connectivity index (χ4n) is 2.08. The number of hydrogen-bond donors (Lipinski definition) is 1. The highest BCUT2D eigenvalue weighted by Crippen LogP contribution is 2.16. The normalized spacial score (nSPS) is 11.5. The van der Waals surface area contributed by atoms with E-state index in [4.69, 9.17) is 9.47 Å². The second-order valence-electron chi connectivity index (χ2n) is 5.50. The van der Waals surface area contributed by atoms with Gasteiger partial charge >= 0.3 is 5.97 Å². The highest BCUT2D eigenvalue weighted by molar-refractivity contribution is 5.95. The van der Waals surface area contributed by atoms with Gasteiger partial charge in [-0.25, -0.2) is 4.39 Å². The zero-order valence-electron chi connectivity index (χ0n) is 14.1. The molecule has 2 rings (SSSR count). The molecule has 0 aliphatic heterocycles. The Balaban J connectivity index is 1.75. The third kappa shape index (κ3) is 5.91. The maximum atomic E-state index is 13.1. The lowest BCUT2D eigenvalue weighted by molar-refractivity contribution is -0.153. The van der Waals surface area contributed by atoms with Crippen LogP contribution in [0.5, 0.6) is 5.75 Å². The maximum absolute atomic E-state index is 13.1. The van der Waals surface area contributed by atoms with Gasteiger partial charge in [0.2, 0.25) is 0 Å². The fraction of sp³-hybridized carbons (Fsp3) is 0.263.